The fourth-order valence-corrected chi connectivity index (χ4v) is 25.6. The van der Waals surface area contributed by atoms with E-state index in [9.17, 15) is 0 Å². The predicted octanol–water partition coefficient (Wildman–Crippen LogP) is 30.1. The molecule has 24 rings (SSSR count). The van der Waals surface area contributed by atoms with Crippen LogP contribution < -0.4 is 88.0 Å². The number of ether oxygens (including phenoxy) is 2. The van der Waals surface area contributed by atoms with Crippen molar-refractivity contribution in [2.45, 2.75) is 203 Å². The lowest BCUT2D eigenvalue weighted by atomic mass is 9.29. The monoisotopic (exact) mass is 1870 g/mol. The van der Waals surface area contributed by atoms with Gasteiger partial charge in [0.1, 0.15) is 23.0 Å². The molecule has 6 aliphatic rings. The van der Waals surface area contributed by atoms with Crippen molar-refractivity contribution < 1.29 is 9.47 Å². The molecule has 0 bridgehead atoms. The molecular formula is C132H126B3N7O2. The Balaban J connectivity index is 0.862. The third-order valence-electron chi connectivity index (χ3n) is 31.0. The van der Waals surface area contributed by atoms with E-state index in [2.05, 4.69) is 494 Å². The fourth-order valence-electron chi connectivity index (χ4n) is 25.6. The summed E-state index contributed by atoms with van der Waals surface area (Å²) < 4.78 is 19.0. The van der Waals surface area contributed by atoms with E-state index >= 15 is 0 Å². The van der Waals surface area contributed by atoms with Crippen molar-refractivity contribution >= 4 is 193 Å². The minimum absolute atomic E-state index is 0.139. The van der Waals surface area contributed by atoms with Gasteiger partial charge in [-0.3, -0.25) is 0 Å². The molecule has 144 heavy (non-hydrogen) atoms. The van der Waals surface area contributed by atoms with Gasteiger partial charge in [0, 0.05) is 125 Å². The first-order chi connectivity index (χ1) is 68.5. The molecule has 1 aromatic heterocycles. The number of fused-ring (bicyclic) bond motifs is 15. The zero-order valence-electron chi connectivity index (χ0n) is 88.7. The lowest BCUT2D eigenvalue weighted by molar-refractivity contribution is 0.486. The van der Waals surface area contributed by atoms with Crippen LogP contribution in [0.4, 0.5) is 102 Å². The first-order valence-corrected chi connectivity index (χ1v) is 51.6. The van der Waals surface area contributed by atoms with Gasteiger partial charge in [0.15, 0.2) is 0 Å². The molecule has 17 aromatic carbocycles. The summed E-state index contributed by atoms with van der Waals surface area (Å²) in [6.45, 7) is 60.7. The Morgan fingerprint density at radius 2 is 0.472 bits per heavy atom. The highest BCUT2D eigenvalue weighted by Gasteiger charge is 2.52. The fraction of sp³-hybridized carbons (Fsp3) is 0.227. The van der Waals surface area contributed by atoms with Crippen LogP contribution in [-0.2, 0) is 16.2 Å². The number of rotatable bonds is 12. The summed E-state index contributed by atoms with van der Waals surface area (Å²) in [5.41, 5.74) is 58.0. The standard InChI is InChI=1S/C132H126B3N7O2/c1-73-32-74(2)42-94(41-73)136(95-43-75(3)33-76(4)44-95)103-63-118-126-119(64-103)142-114-30-28-91(130(19,20)21)59-106(114)107-60-93(132(25,26)27)62-113(129(107)142)135(126)109-69-108-115(71-116(109)139(118)100-53-85(13)38-86(14)54-100)140(101-55-87(15)39-88(16)56-101)120-65-105(138(98-49-81(9)36-82(10)50-98)99-51-83(11)37-84(12)52-99)68-125-128(120)134(108)112-70-110-117(72-123(112)144-125)141(102-57-89(17)40-90(18)58-102)121-66-104(67-124-127(121)133(110)111-61-92(131(22,23)24)29-31-122(111)143-124)137(96-45-77(5)34-78(6)46-96)97-47-79(7)35-80(8)48-97/h28-72H,1-27H3. The highest BCUT2D eigenvalue weighted by Crippen LogP contribution is 2.56. The minimum Gasteiger partial charge on any atom is -0.458 e. The van der Waals surface area contributed by atoms with Crippen molar-refractivity contribution in [1.82, 2.24) is 4.57 Å². The number of aryl methyl sites for hydroxylation is 18. The normalized spacial score (nSPS) is 13.4. The number of hydrogen-bond acceptors (Lipinski definition) is 8. The van der Waals surface area contributed by atoms with E-state index in [0.29, 0.717) is 0 Å². The van der Waals surface area contributed by atoms with Crippen LogP contribution >= 0.6 is 0 Å². The second-order valence-corrected chi connectivity index (χ2v) is 46.7. The Morgan fingerprint density at radius 3 is 0.833 bits per heavy atom. The third kappa shape index (κ3) is 15.2. The molecule has 0 amide bonds. The summed E-state index contributed by atoms with van der Waals surface area (Å²) >= 11 is 0. The highest BCUT2D eigenvalue weighted by atomic mass is 16.5. The third-order valence-corrected chi connectivity index (χ3v) is 31.0. The second kappa shape index (κ2) is 32.8. The van der Waals surface area contributed by atoms with E-state index in [-0.39, 0.29) is 29.7 Å². The largest absolute Gasteiger partial charge is 0.458 e. The summed E-state index contributed by atoms with van der Waals surface area (Å²) in [5.74, 6) is 3.26. The summed E-state index contributed by atoms with van der Waals surface area (Å²) in [4.78, 5) is 15.5. The van der Waals surface area contributed by atoms with Crippen molar-refractivity contribution in [3.63, 3.8) is 0 Å². The molecule has 0 atom stereocenters. The number of aromatic nitrogens is 1. The quantitative estimate of drug-likeness (QED) is 0.112. The lowest BCUT2D eigenvalue weighted by Gasteiger charge is -2.46. The smallest absolute Gasteiger partial charge is 0.256 e. The van der Waals surface area contributed by atoms with Crippen molar-refractivity contribution in [3.8, 4) is 28.7 Å². The first kappa shape index (κ1) is 91.6. The predicted molar refractivity (Wildman–Crippen MR) is 617 cm³/mol. The van der Waals surface area contributed by atoms with Gasteiger partial charge >= 0.3 is 0 Å². The van der Waals surface area contributed by atoms with Gasteiger partial charge in [0.25, 0.3) is 20.1 Å². The maximum Gasteiger partial charge on any atom is 0.256 e. The van der Waals surface area contributed by atoms with Crippen molar-refractivity contribution in [2.75, 3.05) is 29.4 Å². The Labute approximate surface area is 852 Å². The molecule has 9 nitrogen and oxygen atoms in total. The molecule has 710 valence electrons. The SMILES string of the molecule is Cc1cc(C)cc(N(c2cc(C)cc(C)c2)c2cc3c4c(c2)N(c2cc(C)cc(C)c2)c2cc5c(cc2B4c2cc(C(C)(C)C)ccc2O3)B2c3cc4c(cc3N(c3cc(C)cc(C)c3)c3cc(N(c6cc(C)cc(C)c6)c6cc(C)cc(C)c6)cc(c32)O5)N(c2cc(C)cc(C)c2)c2cc(N(c3cc(C)cc(C)c3)c3cc(C)cc(C)c3)cc3c2B4c2cc(C(C)(C)C)cc4c5cc(C(C)(C)C)ccc5n-3c24)c1. The van der Waals surface area contributed by atoms with Gasteiger partial charge in [-0.25, -0.2) is 0 Å². The van der Waals surface area contributed by atoms with Crippen molar-refractivity contribution in [2.24, 2.45) is 0 Å². The molecule has 0 aliphatic carbocycles. The Hall–Kier alpha value is -14.9. The topological polar surface area (TPSA) is 42.8 Å². The number of nitrogens with zero attached hydrogens (tertiary/aromatic N) is 7. The maximum absolute atomic E-state index is 8.47. The van der Waals surface area contributed by atoms with E-state index < -0.39 is 6.71 Å². The van der Waals surface area contributed by atoms with E-state index in [4.69, 9.17) is 9.47 Å². The van der Waals surface area contributed by atoms with Gasteiger partial charge < -0.3 is 43.4 Å². The van der Waals surface area contributed by atoms with E-state index in [1.807, 2.05) is 0 Å². The molecule has 0 N–H and O–H groups in total. The number of anilines is 18. The molecule has 0 radical (unpaired) electrons. The molecule has 0 saturated heterocycles. The number of benzene rings is 17. The molecule has 0 saturated carbocycles. The first-order valence-electron chi connectivity index (χ1n) is 51.6. The molecule has 0 spiro atoms. The van der Waals surface area contributed by atoms with Crippen LogP contribution in [0.25, 0.3) is 27.5 Å². The molecule has 0 fully saturated rings. The molecule has 18 aromatic rings. The van der Waals surface area contributed by atoms with Crippen molar-refractivity contribution in [1.29, 1.82) is 0 Å². The van der Waals surface area contributed by atoms with Gasteiger partial charge in [-0.05, 0) is 471 Å². The van der Waals surface area contributed by atoms with Crippen LogP contribution in [0.2, 0.25) is 0 Å². The Morgan fingerprint density at radius 1 is 0.201 bits per heavy atom. The van der Waals surface area contributed by atoms with Crippen LogP contribution in [0.1, 0.15) is 179 Å². The average molecular weight is 1870 g/mol. The van der Waals surface area contributed by atoms with Crippen LogP contribution in [0, 0.1) is 125 Å². The highest BCUT2D eigenvalue weighted by molar-refractivity contribution is 7.04. The van der Waals surface area contributed by atoms with Crippen LogP contribution in [-0.4, -0.2) is 24.7 Å². The van der Waals surface area contributed by atoms with Gasteiger partial charge in [-0.15, -0.1) is 0 Å². The Bertz CT molecular complexity index is 8310. The Kier molecular flexibility index (Phi) is 20.9. The van der Waals surface area contributed by atoms with E-state index in [0.717, 1.165) is 153 Å². The van der Waals surface area contributed by atoms with E-state index in [1.165, 1.54) is 166 Å². The molecule has 7 heterocycles. The summed E-state index contributed by atoms with van der Waals surface area (Å²) in [6.07, 6.45) is 0. The molecule has 6 aliphatic heterocycles. The summed E-state index contributed by atoms with van der Waals surface area (Å²) in [5, 5.41) is 2.52. The van der Waals surface area contributed by atoms with Gasteiger partial charge in [-0.1, -0.05) is 153 Å². The summed E-state index contributed by atoms with van der Waals surface area (Å²) in [7, 11) is 0. The molecule has 0 unspecified atom stereocenters. The molecular weight excluding hydrogens is 1750 g/mol. The van der Waals surface area contributed by atoms with Gasteiger partial charge in [0.05, 0.1) is 22.6 Å². The van der Waals surface area contributed by atoms with Crippen LogP contribution in [0.15, 0.2) is 273 Å². The zero-order chi connectivity index (χ0) is 100. The van der Waals surface area contributed by atoms with Crippen LogP contribution in [0.3, 0.4) is 0 Å². The van der Waals surface area contributed by atoms with E-state index in [1.54, 1.807) is 0 Å². The lowest BCUT2D eigenvalue weighted by Crippen LogP contribution is -2.65. The van der Waals surface area contributed by atoms with Crippen LogP contribution in [0.5, 0.6) is 23.0 Å². The zero-order valence-corrected chi connectivity index (χ0v) is 88.7. The minimum atomic E-state index is -0.451. The number of hydrogen-bond donors (Lipinski definition) is 0. The maximum atomic E-state index is 8.47. The van der Waals surface area contributed by atoms with Crippen molar-refractivity contribution in [3.05, 3.63) is 390 Å². The second-order valence-electron chi connectivity index (χ2n) is 46.7. The summed E-state index contributed by atoms with van der Waals surface area (Å²) in [6, 6.07) is 109. The average Bonchev–Trinajstić information content (AvgIpc) is 1.59. The van der Waals surface area contributed by atoms with Gasteiger partial charge in [-0.2, -0.15) is 0 Å². The molecule has 12 heteroatoms. The van der Waals surface area contributed by atoms with Gasteiger partial charge in [0.2, 0.25) is 0 Å².